The number of carbonyl (C=O) groups is 1. The van der Waals surface area contributed by atoms with E-state index in [1.807, 2.05) is 18.2 Å². The summed E-state index contributed by atoms with van der Waals surface area (Å²) in [6.45, 7) is 3.66. The lowest BCUT2D eigenvalue weighted by Gasteiger charge is -2.37. The van der Waals surface area contributed by atoms with Gasteiger partial charge in [0.25, 0.3) is 0 Å². The molecule has 4 atom stereocenters. The molecule has 0 bridgehead atoms. The van der Waals surface area contributed by atoms with Crippen molar-refractivity contribution < 1.29 is 4.79 Å². The van der Waals surface area contributed by atoms with E-state index >= 15 is 0 Å². The topological polar surface area (TPSA) is 115 Å². The lowest BCUT2D eigenvalue weighted by atomic mass is 10.0. The number of aryl methyl sites for hydroxylation is 1. The van der Waals surface area contributed by atoms with Crippen molar-refractivity contribution in [1.29, 1.82) is 0 Å². The molecule has 1 aromatic rings. The fraction of sp³-hybridized carbons (Fsp3) is 0.611. The van der Waals surface area contributed by atoms with Gasteiger partial charge in [-0.1, -0.05) is 18.2 Å². The van der Waals surface area contributed by atoms with Gasteiger partial charge in [0, 0.05) is 11.7 Å². The van der Waals surface area contributed by atoms with Crippen molar-refractivity contribution in [1.82, 2.24) is 26.6 Å². The Balaban J connectivity index is 1.45. The number of nitrogens with one attached hydrogen (secondary N) is 6. The summed E-state index contributed by atoms with van der Waals surface area (Å²) >= 11 is 0. The molecule has 4 unspecified atom stereocenters. The van der Waals surface area contributed by atoms with Gasteiger partial charge in [-0.2, -0.15) is 0 Å². The molecule has 26 heavy (non-hydrogen) atoms. The molecular weight excluding hydrogens is 330 g/mol. The van der Waals surface area contributed by atoms with Crippen molar-refractivity contribution in [2.75, 3.05) is 18.4 Å². The molecule has 2 amide bonds. The number of hydrogen-bond donors (Lipinski definition) is 7. The summed E-state index contributed by atoms with van der Waals surface area (Å²) < 4.78 is 0. The van der Waals surface area contributed by atoms with E-state index in [9.17, 15) is 4.79 Å². The summed E-state index contributed by atoms with van der Waals surface area (Å²) in [5.41, 5.74) is 7.93. The second kappa shape index (κ2) is 9.18. The molecule has 2 aliphatic rings. The van der Waals surface area contributed by atoms with Gasteiger partial charge < -0.3 is 27.0 Å². The summed E-state index contributed by atoms with van der Waals surface area (Å²) in [6, 6.07) is 8.32. The summed E-state index contributed by atoms with van der Waals surface area (Å²) in [7, 11) is 0. The third-order valence-electron chi connectivity index (χ3n) is 4.81. The largest absolute Gasteiger partial charge is 0.365 e. The molecule has 144 valence electrons. The summed E-state index contributed by atoms with van der Waals surface area (Å²) in [6.07, 6.45) is 3.53. The second-order valence-corrected chi connectivity index (χ2v) is 7.06. The highest BCUT2D eigenvalue weighted by atomic mass is 16.2. The highest BCUT2D eigenvalue weighted by Crippen LogP contribution is 2.23. The predicted molar refractivity (Wildman–Crippen MR) is 103 cm³/mol. The fourth-order valence-electron chi connectivity index (χ4n) is 3.51. The van der Waals surface area contributed by atoms with Crippen LogP contribution in [0, 0.1) is 0 Å². The van der Waals surface area contributed by atoms with Crippen LogP contribution in [-0.4, -0.2) is 43.8 Å². The van der Waals surface area contributed by atoms with Gasteiger partial charge in [0.05, 0.1) is 6.17 Å². The molecule has 2 heterocycles. The molecule has 0 saturated carbocycles. The average Bonchev–Trinajstić information content (AvgIpc) is 2.61. The van der Waals surface area contributed by atoms with Gasteiger partial charge in [0.1, 0.15) is 12.5 Å². The molecule has 2 aliphatic heterocycles. The molecular formula is C18H31N7O. The van der Waals surface area contributed by atoms with E-state index in [2.05, 4.69) is 44.9 Å². The van der Waals surface area contributed by atoms with Gasteiger partial charge in [0.15, 0.2) is 0 Å². The first kappa shape index (κ1) is 18.9. The van der Waals surface area contributed by atoms with E-state index in [-0.39, 0.29) is 24.7 Å². The Morgan fingerprint density at radius 3 is 2.92 bits per heavy atom. The van der Waals surface area contributed by atoms with Gasteiger partial charge in [-0.15, -0.1) is 0 Å². The second-order valence-electron chi connectivity index (χ2n) is 7.06. The van der Waals surface area contributed by atoms with Crippen LogP contribution in [-0.2, 0) is 6.42 Å². The zero-order valence-corrected chi connectivity index (χ0v) is 15.3. The average molecular weight is 361 g/mol. The van der Waals surface area contributed by atoms with Crippen molar-refractivity contribution >= 4 is 11.7 Å². The van der Waals surface area contributed by atoms with Gasteiger partial charge in [0.2, 0.25) is 0 Å². The molecule has 8 N–H and O–H groups in total. The van der Waals surface area contributed by atoms with Gasteiger partial charge >= 0.3 is 6.03 Å². The first-order valence-corrected chi connectivity index (χ1v) is 9.51. The molecule has 1 fully saturated rings. The molecule has 3 rings (SSSR count). The minimum Gasteiger partial charge on any atom is -0.365 e. The van der Waals surface area contributed by atoms with Crippen LogP contribution in [0.15, 0.2) is 24.3 Å². The number of carbonyl (C=O) groups excluding carboxylic acids is 1. The molecule has 1 aromatic carbocycles. The lowest BCUT2D eigenvalue weighted by Crippen LogP contribution is -2.68. The highest BCUT2D eigenvalue weighted by molar-refractivity contribution is 5.75. The van der Waals surface area contributed by atoms with Crippen LogP contribution >= 0.6 is 0 Å². The molecule has 8 heteroatoms. The molecule has 0 spiro atoms. The highest BCUT2D eigenvalue weighted by Gasteiger charge is 2.26. The Hall–Kier alpha value is -1.87. The number of fused-ring (bicyclic) bond motifs is 1. The van der Waals surface area contributed by atoms with Crippen molar-refractivity contribution in [3.05, 3.63) is 29.8 Å². The van der Waals surface area contributed by atoms with Crippen LogP contribution in [0.25, 0.3) is 0 Å². The van der Waals surface area contributed by atoms with Gasteiger partial charge in [-0.05, 0) is 57.3 Å². The number of para-hydroxylation sites is 1. The SMILES string of the molecule is CC1CC(NCCCN)NC(NC(=O)NC2CCc3ccccc3N2)N1. The predicted octanol–water partition coefficient (Wildman–Crippen LogP) is 0.190. The van der Waals surface area contributed by atoms with Crippen molar-refractivity contribution in [2.24, 2.45) is 5.73 Å². The lowest BCUT2D eigenvalue weighted by molar-refractivity contribution is 0.186. The van der Waals surface area contributed by atoms with Crippen LogP contribution in [0.4, 0.5) is 10.5 Å². The maximum Gasteiger partial charge on any atom is 0.318 e. The monoisotopic (exact) mass is 361 g/mol. The summed E-state index contributed by atoms with van der Waals surface area (Å²) in [4.78, 5) is 12.4. The van der Waals surface area contributed by atoms with E-state index < -0.39 is 0 Å². The van der Waals surface area contributed by atoms with E-state index in [1.54, 1.807) is 0 Å². The number of rotatable bonds is 6. The van der Waals surface area contributed by atoms with Gasteiger partial charge in [-0.3, -0.25) is 10.6 Å². The molecule has 8 nitrogen and oxygen atoms in total. The van der Waals surface area contributed by atoms with Crippen molar-refractivity contribution in [3.63, 3.8) is 0 Å². The Bertz CT molecular complexity index is 597. The van der Waals surface area contributed by atoms with Gasteiger partial charge in [-0.25, -0.2) is 4.79 Å². The number of benzene rings is 1. The minimum absolute atomic E-state index is 0.0654. The zero-order chi connectivity index (χ0) is 18.4. The van der Waals surface area contributed by atoms with E-state index in [4.69, 9.17) is 5.73 Å². The minimum atomic E-state index is -0.273. The Labute approximate surface area is 155 Å². The standard InChI is InChI=1S/C18H31N7O/c1-12-11-16(20-10-4-9-19)23-17(21-12)25-18(26)24-15-8-7-13-5-2-3-6-14(13)22-15/h2-3,5-6,12,15-17,20-23H,4,7-11,19H2,1H3,(H2,24,25,26). The van der Waals surface area contributed by atoms with Crippen LogP contribution < -0.4 is 37.6 Å². The first-order chi connectivity index (χ1) is 12.6. The third kappa shape index (κ3) is 5.31. The zero-order valence-electron chi connectivity index (χ0n) is 15.3. The van der Waals surface area contributed by atoms with Crippen LogP contribution in [0.1, 0.15) is 31.7 Å². The molecule has 0 aliphatic carbocycles. The normalized spacial score (nSPS) is 27.9. The molecule has 0 radical (unpaired) electrons. The maximum atomic E-state index is 12.4. The van der Waals surface area contributed by atoms with Crippen molar-refractivity contribution in [3.8, 4) is 0 Å². The van der Waals surface area contributed by atoms with Crippen molar-refractivity contribution in [2.45, 2.75) is 57.3 Å². The Morgan fingerprint density at radius 1 is 1.23 bits per heavy atom. The first-order valence-electron chi connectivity index (χ1n) is 9.51. The number of anilines is 1. The molecule has 0 aromatic heterocycles. The van der Waals surface area contributed by atoms with E-state index in [0.717, 1.165) is 37.9 Å². The van der Waals surface area contributed by atoms with Crippen LogP contribution in [0.5, 0.6) is 0 Å². The number of hydrogen-bond acceptors (Lipinski definition) is 6. The smallest absolute Gasteiger partial charge is 0.318 e. The number of urea groups is 1. The number of nitrogens with two attached hydrogens (primary N) is 1. The van der Waals surface area contributed by atoms with Crippen LogP contribution in [0.3, 0.4) is 0 Å². The Morgan fingerprint density at radius 2 is 2.08 bits per heavy atom. The van der Waals surface area contributed by atoms with Crippen LogP contribution in [0.2, 0.25) is 0 Å². The Kier molecular flexibility index (Phi) is 6.67. The quantitative estimate of drug-likeness (QED) is 0.364. The molecule has 1 saturated heterocycles. The fourth-order valence-corrected chi connectivity index (χ4v) is 3.51. The summed E-state index contributed by atoms with van der Waals surface area (Å²) in [5, 5.41) is 19.5. The van der Waals surface area contributed by atoms with E-state index in [0.29, 0.717) is 12.6 Å². The van der Waals surface area contributed by atoms with E-state index in [1.165, 1.54) is 5.56 Å². The maximum absolute atomic E-state index is 12.4. The summed E-state index contributed by atoms with van der Waals surface area (Å²) in [5.74, 6) is 0. The third-order valence-corrected chi connectivity index (χ3v) is 4.81. The number of amides is 2.